The summed E-state index contributed by atoms with van der Waals surface area (Å²) in [5.74, 6) is -0.559. The molecule has 1 unspecified atom stereocenters. The fraction of sp³-hybridized carbons (Fsp3) is 0.200. The Kier molecular flexibility index (Phi) is 2.63. The van der Waals surface area contributed by atoms with E-state index in [0.717, 1.165) is 0 Å². The normalized spacial score (nSPS) is 19.8. The van der Waals surface area contributed by atoms with Crippen LogP contribution >= 0.6 is 0 Å². The van der Waals surface area contributed by atoms with E-state index in [9.17, 15) is 14.5 Å². The Morgan fingerprint density at radius 2 is 1.94 bits per heavy atom. The highest BCUT2D eigenvalue weighted by atomic mass is 16.6. The summed E-state index contributed by atoms with van der Waals surface area (Å²) in [6, 6.07) is 8.60. The van der Waals surface area contributed by atoms with Crippen LogP contribution in [0.3, 0.4) is 0 Å². The Hall–Kier alpha value is -2.24. The molecule has 6 nitrogen and oxygen atoms in total. The highest BCUT2D eigenvalue weighted by Crippen LogP contribution is 2.26. The second-order valence-electron chi connectivity index (χ2n) is 3.21. The van der Waals surface area contributed by atoms with Crippen molar-refractivity contribution >= 4 is 12.0 Å². The van der Waals surface area contributed by atoms with Crippen molar-refractivity contribution in [1.29, 1.82) is 0 Å². The Bertz CT molecular complexity index is 432. The molecule has 0 radical (unpaired) electrons. The van der Waals surface area contributed by atoms with Crippen LogP contribution in [0.1, 0.15) is 11.7 Å². The molecule has 1 fully saturated rings. The van der Waals surface area contributed by atoms with Crippen LogP contribution in [0.15, 0.2) is 35.5 Å². The lowest BCUT2D eigenvalue weighted by atomic mass is 10.1. The van der Waals surface area contributed by atoms with Gasteiger partial charge in [0.2, 0.25) is 6.10 Å². The van der Waals surface area contributed by atoms with Crippen LogP contribution in [0.4, 0.5) is 4.79 Å². The molecule has 1 aliphatic heterocycles. The molecule has 0 spiro atoms. The van der Waals surface area contributed by atoms with Crippen LogP contribution in [-0.2, 0) is 9.53 Å². The first-order chi connectivity index (χ1) is 7.74. The van der Waals surface area contributed by atoms with Gasteiger partial charge in [0, 0.05) is 5.56 Å². The van der Waals surface area contributed by atoms with Gasteiger partial charge < -0.3 is 4.74 Å². The third-order valence-corrected chi connectivity index (χ3v) is 2.23. The van der Waals surface area contributed by atoms with Gasteiger partial charge in [-0.05, 0) is 5.18 Å². The summed E-state index contributed by atoms with van der Waals surface area (Å²) in [6.45, 7) is -0.513. The van der Waals surface area contributed by atoms with Crippen molar-refractivity contribution in [3.63, 3.8) is 0 Å². The molecule has 6 heteroatoms. The van der Waals surface area contributed by atoms with Crippen molar-refractivity contribution in [2.75, 3.05) is 6.67 Å². The largest absolute Gasteiger partial charge is 0.431 e. The van der Waals surface area contributed by atoms with Crippen molar-refractivity contribution < 1.29 is 14.3 Å². The number of ether oxygens (including phenoxy) is 1. The first-order valence-corrected chi connectivity index (χ1v) is 4.60. The van der Waals surface area contributed by atoms with Gasteiger partial charge in [0.1, 0.15) is 0 Å². The van der Waals surface area contributed by atoms with Gasteiger partial charge in [0.25, 0.3) is 5.91 Å². The number of imide groups is 1. The van der Waals surface area contributed by atoms with Crippen LogP contribution in [-0.4, -0.2) is 23.6 Å². The average molecular weight is 220 g/mol. The van der Waals surface area contributed by atoms with E-state index in [2.05, 4.69) is 5.18 Å². The first-order valence-electron chi connectivity index (χ1n) is 4.60. The van der Waals surface area contributed by atoms with Gasteiger partial charge in [-0.2, -0.15) is 0 Å². The van der Waals surface area contributed by atoms with E-state index in [0.29, 0.717) is 10.5 Å². The highest BCUT2D eigenvalue weighted by Gasteiger charge is 2.41. The number of hydrogen-bond acceptors (Lipinski definition) is 5. The molecule has 0 bridgehead atoms. The summed E-state index contributed by atoms with van der Waals surface area (Å²) < 4.78 is 4.86. The maximum absolute atomic E-state index is 11.7. The van der Waals surface area contributed by atoms with E-state index in [1.165, 1.54) is 0 Å². The van der Waals surface area contributed by atoms with Crippen molar-refractivity contribution in [3.8, 4) is 0 Å². The first kappa shape index (κ1) is 10.3. The molecule has 16 heavy (non-hydrogen) atoms. The Morgan fingerprint density at radius 3 is 2.56 bits per heavy atom. The van der Waals surface area contributed by atoms with Gasteiger partial charge in [-0.3, -0.25) is 4.79 Å². The molecule has 2 amide bonds. The van der Waals surface area contributed by atoms with Crippen LogP contribution in [0.2, 0.25) is 0 Å². The molecule has 0 aliphatic carbocycles. The molecule has 0 saturated carbocycles. The summed E-state index contributed by atoms with van der Waals surface area (Å²) in [4.78, 5) is 33.7. The number of cyclic esters (lactones) is 1. The summed E-state index contributed by atoms with van der Waals surface area (Å²) in [5, 5.41) is 2.50. The zero-order valence-corrected chi connectivity index (χ0v) is 8.20. The van der Waals surface area contributed by atoms with Crippen LogP contribution in [0.5, 0.6) is 0 Å². The topological polar surface area (TPSA) is 76.0 Å². The highest BCUT2D eigenvalue weighted by molar-refractivity contribution is 6.00. The quantitative estimate of drug-likeness (QED) is 0.722. The van der Waals surface area contributed by atoms with Gasteiger partial charge in [0.05, 0.1) is 0 Å². The summed E-state index contributed by atoms with van der Waals surface area (Å²) in [7, 11) is 0. The fourth-order valence-corrected chi connectivity index (χ4v) is 1.47. The van der Waals surface area contributed by atoms with Crippen LogP contribution < -0.4 is 0 Å². The molecular formula is C10H8N2O4. The van der Waals surface area contributed by atoms with E-state index in [4.69, 9.17) is 4.74 Å². The molecular weight excluding hydrogens is 212 g/mol. The minimum Gasteiger partial charge on any atom is -0.431 e. The molecule has 0 aromatic heterocycles. The molecule has 82 valence electrons. The van der Waals surface area contributed by atoms with Crippen LogP contribution in [0.25, 0.3) is 0 Å². The number of hydrogen-bond donors (Lipinski definition) is 0. The van der Waals surface area contributed by atoms with E-state index in [1.807, 2.05) is 0 Å². The number of nitroso groups, excluding NO2 is 1. The Morgan fingerprint density at radius 1 is 1.25 bits per heavy atom. The minimum absolute atomic E-state index is 0.513. The van der Waals surface area contributed by atoms with E-state index >= 15 is 0 Å². The van der Waals surface area contributed by atoms with Gasteiger partial charge in [-0.25, -0.2) is 9.69 Å². The Balaban J connectivity index is 2.24. The SMILES string of the molecule is O=NCN1C(=O)OC(c2ccccc2)C1=O. The Labute approximate surface area is 90.8 Å². The summed E-state index contributed by atoms with van der Waals surface area (Å²) in [6.07, 6.45) is -1.80. The average Bonchev–Trinajstić information content (AvgIpc) is 2.59. The zero-order valence-electron chi connectivity index (χ0n) is 8.20. The second-order valence-corrected chi connectivity index (χ2v) is 3.21. The smallest absolute Gasteiger partial charge is 0.419 e. The lowest BCUT2D eigenvalue weighted by Gasteiger charge is -2.06. The summed E-state index contributed by atoms with van der Waals surface area (Å²) in [5.41, 5.74) is 0.578. The summed E-state index contributed by atoms with van der Waals surface area (Å²) >= 11 is 0. The van der Waals surface area contributed by atoms with Crippen molar-refractivity contribution in [3.05, 3.63) is 40.8 Å². The van der Waals surface area contributed by atoms with E-state index in [-0.39, 0.29) is 0 Å². The maximum atomic E-state index is 11.7. The van der Waals surface area contributed by atoms with Crippen molar-refractivity contribution in [1.82, 2.24) is 4.90 Å². The third kappa shape index (κ3) is 1.65. The number of benzene rings is 1. The van der Waals surface area contributed by atoms with E-state index < -0.39 is 24.8 Å². The minimum atomic E-state index is -0.963. The second kappa shape index (κ2) is 4.09. The number of carbonyl (C=O) groups excluding carboxylic acids is 2. The molecule has 1 atom stereocenters. The number of carbonyl (C=O) groups is 2. The predicted molar refractivity (Wildman–Crippen MR) is 53.2 cm³/mol. The molecule has 1 saturated heterocycles. The monoisotopic (exact) mass is 220 g/mol. The molecule has 1 aliphatic rings. The molecule has 2 rings (SSSR count). The molecule has 1 heterocycles. The van der Waals surface area contributed by atoms with Gasteiger partial charge in [-0.15, -0.1) is 4.91 Å². The van der Waals surface area contributed by atoms with Crippen molar-refractivity contribution in [2.45, 2.75) is 6.10 Å². The third-order valence-electron chi connectivity index (χ3n) is 2.23. The van der Waals surface area contributed by atoms with Crippen LogP contribution in [0, 0.1) is 4.91 Å². The standard InChI is InChI=1S/C10H8N2O4/c13-9-8(7-4-2-1-3-5-7)16-10(14)12(9)6-11-15/h1-5,8H,6H2. The van der Waals surface area contributed by atoms with Gasteiger partial charge in [0.15, 0.2) is 6.67 Å². The number of rotatable bonds is 3. The fourth-order valence-electron chi connectivity index (χ4n) is 1.47. The van der Waals surface area contributed by atoms with Gasteiger partial charge in [-0.1, -0.05) is 30.3 Å². The maximum Gasteiger partial charge on any atom is 0.419 e. The number of nitrogens with zero attached hydrogens (tertiary/aromatic N) is 2. The molecule has 0 N–H and O–H groups in total. The lowest BCUT2D eigenvalue weighted by Crippen LogP contribution is -2.29. The van der Waals surface area contributed by atoms with Crippen molar-refractivity contribution in [2.24, 2.45) is 5.18 Å². The van der Waals surface area contributed by atoms with Gasteiger partial charge >= 0.3 is 6.09 Å². The van der Waals surface area contributed by atoms with E-state index in [1.54, 1.807) is 30.3 Å². The molecule has 1 aromatic rings. The number of amides is 2. The zero-order chi connectivity index (χ0) is 11.5. The lowest BCUT2D eigenvalue weighted by molar-refractivity contribution is -0.129. The predicted octanol–water partition coefficient (Wildman–Crippen LogP) is 1.43. The molecule has 1 aromatic carbocycles.